The van der Waals surface area contributed by atoms with Crippen LogP contribution in [0, 0.1) is 0 Å². The topological polar surface area (TPSA) is 42.1 Å². The van der Waals surface area contributed by atoms with Crippen LogP contribution in [0.3, 0.4) is 0 Å². The zero-order chi connectivity index (χ0) is 17.2. The lowest BCUT2D eigenvalue weighted by molar-refractivity contribution is -0.137. The Morgan fingerprint density at radius 1 is 1.25 bits per heavy atom. The summed E-state index contributed by atoms with van der Waals surface area (Å²) in [6.07, 6.45) is 1.13. The monoisotopic (exact) mass is 353 g/mol. The van der Waals surface area contributed by atoms with Gasteiger partial charge in [0.25, 0.3) is 0 Å². The smallest absolute Gasteiger partial charge is 0.375 e. The number of halogens is 3. The highest BCUT2D eigenvalue weighted by molar-refractivity contribution is 7.15. The molecule has 1 aliphatic heterocycles. The highest BCUT2D eigenvalue weighted by atomic mass is 32.1. The van der Waals surface area contributed by atoms with Gasteiger partial charge in [-0.3, -0.25) is 4.90 Å². The number of nitrogen functional groups attached to an aromatic ring is 1. The molecule has 1 aromatic carbocycles. The van der Waals surface area contributed by atoms with Crippen molar-refractivity contribution in [3.8, 4) is 0 Å². The highest BCUT2D eigenvalue weighted by Gasteiger charge is 2.30. The molecule has 0 atom stereocenters. The minimum absolute atomic E-state index is 0.563. The number of benzene rings is 1. The lowest BCUT2D eigenvalue weighted by atomic mass is 10.1. The third-order valence-corrected chi connectivity index (χ3v) is 4.99. The van der Waals surface area contributed by atoms with Crippen LogP contribution in [-0.2, 0) is 19.0 Å². The first-order chi connectivity index (χ1) is 11.4. The quantitative estimate of drug-likeness (QED) is 0.911. The maximum absolute atomic E-state index is 12.7. The molecule has 1 aromatic heterocycles. The van der Waals surface area contributed by atoms with Crippen LogP contribution < -0.4 is 5.73 Å². The van der Waals surface area contributed by atoms with Crippen LogP contribution in [0.1, 0.15) is 21.7 Å². The fourth-order valence-electron chi connectivity index (χ4n) is 2.77. The molecule has 0 aliphatic carbocycles. The molecule has 2 aromatic rings. The predicted molar refractivity (Wildman–Crippen MR) is 90.9 cm³/mol. The number of nitrogens with two attached hydrogens (primary N) is 1. The van der Waals surface area contributed by atoms with E-state index in [1.54, 1.807) is 23.5 Å². The molecule has 128 valence electrons. The van der Waals surface area contributed by atoms with E-state index in [4.69, 9.17) is 5.73 Å². The number of rotatable bonds is 3. The number of alkyl halides is 3. The highest BCUT2D eigenvalue weighted by Crippen LogP contribution is 2.29. The Morgan fingerprint density at radius 2 is 2.04 bits per heavy atom. The molecule has 7 heteroatoms. The van der Waals surface area contributed by atoms with Crippen molar-refractivity contribution in [2.45, 2.75) is 19.0 Å². The second kappa shape index (κ2) is 6.94. The van der Waals surface area contributed by atoms with Gasteiger partial charge in [0.05, 0.1) is 11.3 Å². The van der Waals surface area contributed by atoms with E-state index in [-0.39, 0.29) is 0 Å². The number of hydrogen-bond acceptors (Lipinski definition) is 4. The van der Waals surface area contributed by atoms with E-state index < -0.39 is 11.7 Å². The molecule has 3 nitrogen and oxygen atoms in total. The fourth-order valence-corrected chi connectivity index (χ4v) is 3.64. The van der Waals surface area contributed by atoms with Gasteiger partial charge in [-0.15, -0.1) is 11.3 Å². The molecule has 0 amide bonds. The normalized spacial score (nSPS) is 16.3. The van der Waals surface area contributed by atoms with E-state index in [0.717, 1.165) is 37.7 Å². The Kier molecular flexibility index (Phi) is 4.91. The maximum atomic E-state index is 12.7. The van der Waals surface area contributed by atoms with Crippen molar-refractivity contribution in [3.63, 3.8) is 0 Å². The summed E-state index contributed by atoms with van der Waals surface area (Å²) in [5.74, 6) is 0. The molecule has 1 aliphatic rings. The SMILES string of the molecule is Nc1nc2c(s1)CCN(CC=Cc1cccc(C(F)(F)F)c1)CC2. The molecule has 0 saturated carbocycles. The van der Waals surface area contributed by atoms with Gasteiger partial charge >= 0.3 is 6.18 Å². The summed E-state index contributed by atoms with van der Waals surface area (Å²) in [4.78, 5) is 7.87. The van der Waals surface area contributed by atoms with Gasteiger partial charge in [0.15, 0.2) is 5.13 Å². The van der Waals surface area contributed by atoms with Crippen molar-refractivity contribution < 1.29 is 13.2 Å². The average molecular weight is 353 g/mol. The third-order valence-electron chi connectivity index (χ3n) is 4.00. The van der Waals surface area contributed by atoms with Crippen molar-refractivity contribution in [2.24, 2.45) is 0 Å². The standard InChI is InChI=1S/C17H18F3N3S/c18-17(19,20)13-5-1-3-12(11-13)4-2-8-23-9-6-14-15(7-10-23)24-16(21)22-14/h1-5,11H,6-10H2,(H2,21,22). The van der Waals surface area contributed by atoms with Crippen LogP contribution in [0.2, 0.25) is 0 Å². The molecule has 2 heterocycles. The molecule has 0 spiro atoms. The minimum Gasteiger partial charge on any atom is -0.375 e. The zero-order valence-electron chi connectivity index (χ0n) is 13.0. The van der Waals surface area contributed by atoms with Crippen LogP contribution in [0.5, 0.6) is 0 Å². The van der Waals surface area contributed by atoms with Gasteiger partial charge < -0.3 is 5.73 Å². The summed E-state index contributed by atoms with van der Waals surface area (Å²) in [5, 5.41) is 0.623. The number of hydrogen-bond donors (Lipinski definition) is 1. The van der Waals surface area contributed by atoms with Crippen molar-refractivity contribution >= 4 is 22.5 Å². The first-order valence-corrected chi connectivity index (χ1v) is 8.53. The average Bonchev–Trinajstić information content (AvgIpc) is 2.79. The molecule has 0 saturated heterocycles. The summed E-state index contributed by atoms with van der Waals surface area (Å²) >= 11 is 1.55. The van der Waals surface area contributed by atoms with Crippen molar-refractivity contribution in [1.29, 1.82) is 0 Å². The Bertz CT molecular complexity index is 711. The van der Waals surface area contributed by atoms with Crippen LogP contribution in [-0.4, -0.2) is 29.5 Å². The summed E-state index contributed by atoms with van der Waals surface area (Å²) in [7, 11) is 0. The predicted octanol–water partition coefficient (Wildman–Crippen LogP) is 3.86. The molecular formula is C17H18F3N3S. The molecule has 0 fully saturated rings. The lowest BCUT2D eigenvalue weighted by Crippen LogP contribution is -2.26. The van der Waals surface area contributed by atoms with Crippen LogP contribution in [0.25, 0.3) is 6.08 Å². The Labute approximate surface area is 142 Å². The van der Waals surface area contributed by atoms with E-state index in [2.05, 4.69) is 9.88 Å². The number of anilines is 1. The summed E-state index contributed by atoms with van der Waals surface area (Å²) in [5.41, 5.74) is 6.76. The summed E-state index contributed by atoms with van der Waals surface area (Å²) in [6.45, 7) is 2.49. The van der Waals surface area contributed by atoms with Gasteiger partial charge in [-0.05, 0) is 24.1 Å². The first kappa shape index (κ1) is 17.0. The van der Waals surface area contributed by atoms with Crippen LogP contribution in [0.15, 0.2) is 30.3 Å². The largest absolute Gasteiger partial charge is 0.416 e. The number of nitrogens with zero attached hydrogens (tertiary/aromatic N) is 2. The van der Waals surface area contributed by atoms with Gasteiger partial charge in [-0.1, -0.05) is 24.3 Å². The van der Waals surface area contributed by atoms with Gasteiger partial charge in [-0.2, -0.15) is 13.2 Å². The van der Waals surface area contributed by atoms with E-state index in [0.29, 0.717) is 17.2 Å². The van der Waals surface area contributed by atoms with Crippen LogP contribution >= 0.6 is 11.3 Å². The molecular weight excluding hydrogens is 335 g/mol. The molecule has 0 unspecified atom stereocenters. The molecule has 0 radical (unpaired) electrons. The number of aromatic nitrogens is 1. The summed E-state index contributed by atoms with van der Waals surface area (Å²) < 4.78 is 38.1. The van der Waals surface area contributed by atoms with E-state index in [1.807, 2.05) is 6.08 Å². The van der Waals surface area contributed by atoms with Gasteiger partial charge in [0.1, 0.15) is 0 Å². The summed E-state index contributed by atoms with van der Waals surface area (Å²) in [6, 6.07) is 5.37. The van der Waals surface area contributed by atoms with Crippen molar-refractivity contribution in [2.75, 3.05) is 25.4 Å². The molecule has 3 rings (SSSR count). The fraction of sp³-hybridized carbons (Fsp3) is 0.353. The Hall–Kier alpha value is -1.86. The number of thiazole rings is 1. The van der Waals surface area contributed by atoms with Crippen molar-refractivity contribution in [1.82, 2.24) is 9.88 Å². The molecule has 24 heavy (non-hydrogen) atoms. The lowest BCUT2D eigenvalue weighted by Gasteiger charge is -2.17. The number of fused-ring (bicyclic) bond motifs is 1. The minimum atomic E-state index is -4.30. The Balaban J connectivity index is 1.58. The Morgan fingerprint density at radius 3 is 2.83 bits per heavy atom. The van der Waals surface area contributed by atoms with Gasteiger partial charge in [0.2, 0.25) is 0 Å². The second-order valence-corrected chi connectivity index (χ2v) is 6.86. The van der Waals surface area contributed by atoms with Crippen LogP contribution in [0.4, 0.5) is 18.3 Å². The van der Waals surface area contributed by atoms with Gasteiger partial charge in [-0.25, -0.2) is 4.98 Å². The van der Waals surface area contributed by atoms with Gasteiger partial charge in [0, 0.05) is 30.9 Å². The first-order valence-electron chi connectivity index (χ1n) is 7.72. The zero-order valence-corrected chi connectivity index (χ0v) is 13.8. The van der Waals surface area contributed by atoms with E-state index >= 15 is 0 Å². The molecule has 2 N–H and O–H groups in total. The third kappa shape index (κ3) is 4.15. The van der Waals surface area contributed by atoms with E-state index in [9.17, 15) is 13.2 Å². The van der Waals surface area contributed by atoms with Crippen molar-refractivity contribution in [3.05, 3.63) is 52.0 Å². The van der Waals surface area contributed by atoms with E-state index in [1.165, 1.54) is 17.0 Å². The molecule has 0 bridgehead atoms. The maximum Gasteiger partial charge on any atom is 0.416 e. The second-order valence-electron chi connectivity index (χ2n) is 5.75.